The van der Waals surface area contributed by atoms with Gasteiger partial charge in [-0.2, -0.15) is 0 Å². The number of amides is 1. The molecule has 0 fully saturated rings. The van der Waals surface area contributed by atoms with Crippen molar-refractivity contribution in [2.75, 3.05) is 13.7 Å². The number of ether oxygens (including phenoxy) is 1. The van der Waals surface area contributed by atoms with Gasteiger partial charge in [0.15, 0.2) is 0 Å². The Hall–Kier alpha value is -2.38. The van der Waals surface area contributed by atoms with E-state index in [-0.39, 0.29) is 10.8 Å². The van der Waals surface area contributed by atoms with Crippen LogP contribution in [0.2, 0.25) is 0 Å². The predicted octanol–water partition coefficient (Wildman–Crippen LogP) is 1.32. The third kappa shape index (κ3) is 4.80. The molecule has 0 aliphatic carbocycles. The molecule has 0 atom stereocenters. The monoisotopic (exact) mass is 333 g/mol. The highest BCUT2D eigenvalue weighted by atomic mass is 32.2. The number of carbonyl (C=O) groups excluding carboxylic acids is 1. The number of nitrogens with two attached hydrogens (primary N) is 1. The van der Waals surface area contributed by atoms with Crippen molar-refractivity contribution in [1.82, 2.24) is 5.32 Å². The third-order valence-corrected chi connectivity index (χ3v) is 4.23. The maximum absolute atomic E-state index is 12.0. The quantitative estimate of drug-likeness (QED) is 0.833. The van der Waals surface area contributed by atoms with Crippen LogP contribution in [0.4, 0.5) is 0 Å². The van der Waals surface area contributed by atoms with Crippen LogP contribution in [0.15, 0.2) is 53.4 Å². The predicted molar refractivity (Wildman–Crippen MR) is 86.8 cm³/mol. The molecule has 0 spiro atoms. The Morgan fingerprint density at radius 2 is 1.70 bits per heavy atom. The van der Waals surface area contributed by atoms with Gasteiger partial charge in [-0.1, -0.05) is 12.1 Å². The zero-order valence-electron chi connectivity index (χ0n) is 12.7. The standard InChI is InChI=1S/C16H18N2O4S/c1-22-14-6-4-13(5-7-14)16(19)18-11-10-12-2-8-15(9-3-12)23(17,20)21/h2-9H,10-11H2,1H3,(H,18,19)(H2,17,20,21)/i1-1. The molecule has 0 unspecified atom stereocenters. The van der Waals surface area contributed by atoms with Crippen LogP contribution in [0.1, 0.15) is 15.9 Å². The topological polar surface area (TPSA) is 98.5 Å². The highest BCUT2D eigenvalue weighted by Gasteiger charge is 2.07. The van der Waals surface area contributed by atoms with Gasteiger partial charge in [-0.3, -0.25) is 4.79 Å². The second-order valence-corrected chi connectivity index (χ2v) is 6.48. The number of sulfonamides is 1. The van der Waals surface area contributed by atoms with Crippen LogP contribution in [-0.4, -0.2) is 28.0 Å². The maximum Gasteiger partial charge on any atom is 0.251 e. The van der Waals surface area contributed by atoms with Crippen molar-refractivity contribution in [2.45, 2.75) is 11.3 Å². The Balaban J connectivity index is 1.87. The second kappa shape index (κ2) is 7.26. The zero-order valence-corrected chi connectivity index (χ0v) is 13.5. The molecule has 0 saturated carbocycles. The molecular formula is C16H18N2O4S. The van der Waals surface area contributed by atoms with Gasteiger partial charge in [0.05, 0.1) is 12.0 Å². The van der Waals surface area contributed by atoms with Gasteiger partial charge >= 0.3 is 0 Å². The largest absolute Gasteiger partial charge is 0.497 e. The number of rotatable bonds is 6. The van der Waals surface area contributed by atoms with Crippen LogP contribution in [-0.2, 0) is 16.4 Å². The normalized spacial score (nSPS) is 11.0. The number of primary sulfonamides is 1. The van der Waals surface area contributed by atoms with Gasteiger partial charge in [0.2, 0.25) is 10.0 Å². The number of hydrogen-bond donors (Lipinski definition) is 2. The molecule has 0 aromatic heterocycles. The molecule has 0 aliphatic heterocycles. The van der Waals surface area contributed by atoms with Gasteiger partial charge < -0.3 is 10.1 Å². The molecule has 7 heteroatoms. The first-order valence-electron chi connectivity index (χ1n) is 6.94. The Kier molecular flexibility index (Phi) is 5.36. The highest BCUT2D eigenvalue weighted by Crippen LogP contribution is 2.11. The lowest BCUT2D eigenvalue weighted by Gasteiger charge is -2.07. The Labute approximate surface area is 135 Å². The third-order valence-electron chi connectivity index (χ3n) is 3.30. The summed E-state index contributed by atoms with van der Waals surface area (Å²) in [5.41, 5.74) is 1.46. The summed E-state index contributed by atoms with van der Waals surface area (Å²) >= 11 is 0. The summed E-state index contributed by atoms with van der Waals surface area (Å²) in [4.78, 5) is 12.0. The van der Waals surface area contributed by atoms with E-state index in [0.29, 0.717) is 24.3 Å². The van der Waals surface area contributed by atoms with Crippen LogP contribution < -0.4 is 15.2 Å². The minimum absolute atomic E-state index is 0.0727. The van der Waals surface area contributed by atoms with Gasteiger partial charge in [-0.25, -0.2) is 13.6 Å². The summed E-state index contributed by atoms with van der Waals surface area (Å²) < 4.78 is 27.4. The summed E-state index contributed by atoms with van der Waals surface area (Å²) in [6.07, 6.45) is 0.590. The van der Waals surface area contributed by atoms with E-state index in [9.17, 15) is 13.2 Å². The summed E-state index contributed by atoms with van der Waals surface area (Å²) in [6.45, 7) is 0.444. The lowest BCUT2D eigenvalue weighted by molar-refractivity contribution is 0.0954. The highest BCUT2D eigenvalue weighted by molar-refractivity contribution is 7.89. The average Bonchev–Trinajstić information content (AvgIpc) is 2.54. The van der Waals surface area contributed by atoms with E-state index in [0.717, 1.165) is 5.56 Å². The fourth-order valence-electron chi connectivity index (χ4n) is 2.01. The Morgan fingerprint density at radius 3 is 2.22 bits per heavy atom. The van der Waals surface area contributed by atoms with E-state index in [1.54, 1.807) is 43.5 Å². The number of nitrogens with one attached hydrogen (secondary N) is 1. The summed E-state index contributed by atoms with van der Waals surface area (Å²) in [5, 5.41) is 7.85. The van der Waals surface area contributed by atoms with Crippen molar-refractivity contribution in [1.29, 1.82) is 0 Å². The zero-order chi connectivity index (χ0) is 16.9. The molecule has 0 radical (unpaired) electrons. The summed E-state index contributed by atoms with van der Waals surface area (Å²) in [6, 6.07) is 13.1. The fraction of sp³-hybridized carbons (Fsp3) is 0.188. The van der Waals surface area contributed by atoms with Crippen LogP contribution in [0.5, 0.6) is 5.75 Å². The number of methoxy groups -OCH3 is 1. The van der Waals surface area contributed by atoms with E-state index in [4.69, 9.17) is 9.88 Å². The van der Waals surface area contributed by atoms with Gasteiger partial charge in [0.1, 0.15) is 5.75 Å². The SMILES string of the molecule is [11CH3]Oc1ccc(C(=O)NCCc2ccc(S(N)(=O)=O)cc2)cc1. The fourth-order valence-corrected chi connectivity index (χ4v) is 2.53. The van der Waals surface area contributed by atoms with E-state index in [1.807, 2.05) is 0 Å². The first kappa shape index (κ1) is 17.0. The molecular weight excluding hydrogens is 315 g/mol. The molecule has 0 bridgehead atoms. The molecule has 122 valence electrons. The van der Waals surface area contributed by atoms with Crippen LogP contribution in [0, 0.1) is 0 Å². The smallest absolute Gasteiger partial charge is 0.251 e. The van der Waals surface area contributed by atoms with Crippen molar-refractivity contribution in [3.8, 4) is 5.75 Å². The molecule has 2 rings (SSSR count). The van der Waals surface area contributed by atoms with Gasteiger partial charge in [-0.05, 0) is 48.4 Å². The molecule has 2 aromatic rings. The molecule has 0 saturated heterocycles. The van der Waals surface area contributed by atoms with Gasteiger partial charge in [-0.15, -0.1) is 0 Å². The maximum atomic E-state index is 12.0. The minimum Gasteiger partial charge on any atom is -0.497 e. The van der Waals surface area contributed by atoms with Crippen LogP contribution in [0.25, 0.3) is 0 Å². The molecule has 0 heterocycles. The first-order chi connectivity index (χ1) is 10.9. The van der Waals surface area contributed by atoms with Crippen molar-refractivity contribution in [3.05, 3.63) is 59.7 Å². The number of carbonyl (C=O) groups is 1. The van der Waals surface area contributed by atoms with E-state index in [2.05, 4.69) is 5.32 Å². The molecule has 0 aliphatic rings. The van der Waals surface area contributed by atoms with Crippen molar-refractivity contribution >= 4 is 15.9 Å². The summed E-state index contributed by atoms with van der Waals surface area (Å²) in [7, 11) is -2.11. The molecule has 3 N–H and O–H groups in total. The van der Waals surface area contributed by atoms with Crippen molar-refractivity contribution < 1.29 is 17.9 Å². The lowest BCUT2D eigenvalue weighted by Crippen LogP contribution is -2.25. The Bertz CT molecular complexity index is 769. The van der Waals surface area contributed by atoms with Gasteiger partial charge in [0.25, 0.3) is 5.91 Å². The van der Waals surface area contributed by atoms with Crippen molar-refractivity contribution in [3.63, 3.8) is 0 Å². The molecule has 1 amide bonds. The summed E-state index contributed by atoms with van der Waals surface area (Å²) in [5.74, 6) is 0.519. The van der Waals surface area contributed by atoms with Crippen LogP contribution in [0.3, 0.4) is 0 Å². The van der Waals surface area contributed by atoms with Crippen molar-refractivity contribution in [2.24, 2.45) is 5.14 Å². The van der Waals surface area contributed by atoms with E-state index in [1.165, 1.54) is 12.1 Å². The molecule has 23 heavy (non-hydrogen) atoms. The minimum atomic E-state index is -3.68. The first-order valence-corrected chi connectivity index (χ1v) is 8.49. The van der Waals surface area contributed by atoms with Crippen LogP contribution >= 0.6 is 0 Å². The van der Waals surface area contributed by atoms with Gasteiger partial charge in [0, 0.05) is 12.1 Å². The second-order valence-electron chi connectivity index (χ2n) is 4.92. The Morgan fingerprint density at radius 1 is 1.09 bits per heavy atom. The van der Waals surface area contributed by atoms with E-state index < -0.39 is 10.0 Å². The molecule has 6 nitrogen and oxygen atoms in total. The van der Waals surface area contributed by atoms with E-state index >= 15 is 0 Å². The lowest BCUT2D eigenvalue weighted by atomic mass is 10.1. The average molecular weight is 333 g/mol. The number of benzene rings is 2. The molecule has 2 aromatic carbocycles. The number of hydrogen-bond acceptors (Lipinski definition) is 4.